The average molecular weight is 340 g/mol. The fourth-order valence-electron chi connectivity index (χ4n) is 2.59. The predicted molar refractivity (Wildman–Crippen MR) is 95.6 cm³/mol. The number of aromatic nitrogens is 2. The van der Waals surface area contributed by atoms with Crippen LogP contribution in [0, 0.1) is 32.4 Å². The fraction of sp³-hybridized carbons (Fsp3) is 0.158. The summed E-state index contributed by atoms with van der Waals surface area (Å²) in [7, 11) is 0. The van der Waals surface area contributed by atoms with E-state index in [-0.39, 0.29) is 11.6 Å². The van der Waals surface area contributed by atoms with Crippen LogP contribution in [-0.2, 0) is 0 Å². The molecule has 0 atom stereocenters. The number of benzene rings is 2. The molecular formula is C19H18F2N4. The smallest absolute Gasteiger partial charge is 0.229 e. The Labute approximate surface area is 145 Å². The first kappa shape index (κ1) is 16.8. The quantitative estimate of drug-likeness (QED) is 0.688. The van der Waals surface area contributed by atoms with Gasteiger partial charge in [0.25, 0.3) is 0 Å². The van der Waals surface area contributed by atoms with Gasteiger partial charge in [-0.25, -0.2) is 13.8 Å². The summed E-state index contributed by atoms with van der Waals surface area (Å²) >= 11 is 0. The molecule has 0 aliphatic heterocycles. The molecule has 0 saturated carbocycles. The molecule has 3 rings (SSSR count). The molecule has 0 amide bonds. The summed E-state index contributed by atoms with van der Waals surface area (Å²) in [5.74, 6) is -0.515. The van der Waals surface area contributed by atoms with Gasteiger partial charge in [-0.2, -0.15) is 4.98 Å². The largest absolute Gasteiger partial charge is 0.340 e. The number of hydrogen-bond donors (Lipinski definition) is 2. The molecule has 0 unspecified atom stereocenters. The third-order valence-corrected chi connectivity index (χ3v) is 3.53. The lowest BCUT2D eigenvalue weighted by Gasteiger charge is -2.11. The van der Waals surface area contributed by atoms with Crippen molar-refractivity contribution >= 4 is 23.1 Å². The first-order valence-corrected chi connectivity index (χ1v) is 7.82. The first-order chi connectivity index (χ1) is 11.9. The van der Waals surface area contributed by atoms with Gasteiger partial charge in [-0.05, 0) is 56.2 Å². The Bertz CT molecular complexity index is 905. The molecule has 1 heterocycles. The van der Waals surface area contributed by atoms with Gasteiger partial charge in [0.2, 0.25) is 5.95 Å². The van der Waals surface area contributed by atoms with Crippen molar-refractivity contribution in [2.45, 2.75) is 20.8 Å². The second kappa shape index (κ2) is 6.84. The molecule has 0 spiro atoms. The summed E-state index contributed by atoms with van der Waals surface area (Å²) in [6, 6.07) is 11.2. The monoisotopic (exact) mass is 340 g/mol. The Kier molecular flexibility index (Phi) is 4.61. The average Bonchev–Trinajstić information content (AvgIpc) is 2.48. The second-order valence-corrected chi connectivity index (χ2v) is 5.97. The lowest BCUT2D eigenvalue weighted by molar-refractivity contribution is 0.586. The van der Waals surface area contributed by atoms with E-state index in [2.05, 4.69) is 26.7 Å². The normalized spacial score (nSPS) is 10.6. The van der Waals surface area contributed by atoms with E-state index in [1.54, 1.807) is 6.07 Å². The van der Waals surface area contributed by atoms with E-state index in [1.165, 1.54) is 12.1 Å². The van der Waals surface area contributed by atoms with Crippen molar-refractivity contribution in [2.24, 2.45) is 0 Å². The second-order valence-electron chi connectivity index (χ2n) is 5.97. The molecule has 0 aliphatic carbocycles. The highest BCUT2D eigenvalue weighted by molar-refractivity contribution is 5.61. The molecule has 3 aromatic rings. The van der Waals surface area contributed by atoms with Crippen LogP contribution in [0.5, 0.6) is 0 Å². The predicted octanol–water partition coefficient (Wildman–Crippen LogP) is 5.17. The van der Waals surface area contributed by atoms with Gasteiger partial charge in [0.15, 0.2) is 0 Å². The van der Waals surface area contributed by atoms with Crippen LogP contribution in [0.15, 0.2) is 42.5 Å². The lowest BCUT2D eigenvalue weighted by Crippen LogP contribution is -2.04. The van der Waals surface area contributed by atoms with Crippen LogP contribution in [0.3, 0.4) is 0 Å². The first-order valence-electron chi connectivity index (χ1n) is 7.82. The van der Waals surface area contributed by atoms with Gasteiger partial charge in [0.05, 0.1) is 5.69 Å². The highest BCUT2D eigenvalue weighted by Crippen LogP contribution is 2.22. The SMILES string of the molecule is Cc1cc(C)cc(Nc2cc(C)nc(Nc3ccc(F)cc3F)n2)c1. The summed E-state index contributed by atoms with van der Waals surface area (Å²) in [5, 5.41) is 6.02. The number of halogens is 2. The van der Waals surface area contributed by atoms with Gasteiger partial charge in [-0.1, -0.05) is 6.07 Å². The van der Waals surface area contributed by atoms with Gasteiger partial charge >= 0.3 is 0 Å². The maximum Gasteiger partial charge on any atom is 0.229 e. The molecule has 0 saturated heterocycles. The minimum Gasteiger partial charge on any atom is -0.340 e. The highest BCUT2D eigenvalue weighted by Gasteiger charge is 2.08. The van der Waals surface area contributed by atoms with Crippen molar-refractivity contribution in [1.82, 2.24) is 9.97 Å². The van der Waals surface area contributed by atoms with Crippen LogP contribution in [0.25, 0.3) is 0 Å². The molecule has 0 fully saturated rings. The zero-order chi connectivity index (χ0) is 18.0. The summed E-state index contributed by atoms with van der Waals surface area (Å²) in [5.41, 5.74) is 4.02. The number of nitrogens with one attached hydrogen (secondary N) is 2. The number of rotatable bonds is 4. The molecule has 128 valence electrons. The van der Waals surface area contributed by atoms with Crippen molar-refractivity contribution in [1.29, 1.82) is 0 Å². The molecule has 0 radical (unpaired) electrons. The third-order valence-electron chi connectivity index (χ3n) is 3.53. The minimum absolute atomic E-state index is 0.115. The molecular weight excluding hydrogens is 322 g/mol. The third kappa shape index (κ3) is 4.29. The van der Waals surface area contributed by atoms with Crippen molar-refractivity contribution in [2.75, 3.05) is 10.6 Å². The Morgan fingerprint density at radius 3 is 2.20 bits per heavy atom. The Hall–Kier alpha value is -3.02. The molecule has 2 N–H and O–H groups in total. The van der Waals surface area contributed by atoms with Gasteiger partial charge in [0.1, 0.15) is 17.5 Å². The van der Waals surface area contributed by atoms with Crippen molar-refractivity contribution in [3.63, 3.8) is 0 Å². The zero-order valence-electron chi connectivity index (χ0n) is 14.2. The molecule has 0 aliphatic rings. The van der Waals surface area contributed by atoms with E-state index in [4.69, 9.17) is 0 Å². The summed E-state index contributed by atoms with van der Waals surface area (Å²) in [6.07, 6.45) is 0. The summed E-state index contributed by atoms with van der Waals surface area (Å²) in [6.45, 7) is 5.86. The molecule has 0 bridgehead atoms. The van der Waals surface area contributed by atoms with E-state index in [0.717, 1.165) is 22.9 Å². The molecule has 4 nitrogen and oxygen atoms in total. The van der Waals surface area contributed by atoms with Crippen molar-refractivity contribution in [3.05, 3.63) is 70.9 Å². The standard InChI is InChI=1S/C19H18F2N4/c1-11-6-12(2)8-15(7-11)23-18-9-13(3)22-19(25-18)24-17-5-4-14(20)10-16(17)21/h4-10H,1-3H3,(H2,22,23,24,25). The maximum atomic E-state index is 13.8. The minimum atomic E-state index is -0.700. The van der Waals surface area contributed by atoms with Crippen LogP contribution in [0.4, 0.5) is 31.9 Å². The van der Waals surface area contributed by atoms with Gasteiger partial charge in [-0.15, -0.1) is 0 Å². The van der Waals surface area contributed by atoms with Gasteiger partial charge in [0, 0.05) is 23.5 Å². The van der Waals surface area contributed by atoms with Crippen molar-refractivity contribution < 1.29 is 8.78 Å². The lowest BCUT2D eigenvalue weighted by atomic mass is 10.1. The Morgan fingerprint density at radius 1 is 0.800 bits per heavy atom. The van der Waals surface area contributed by atoms with Gasteiger partial charge in [-0.3, -0.25) is 0 Å². The van der Waals surface area contributed by atoms with E-state index < -0.39 is 11.6 Å². The number of hydrogen-bond acceptors (Lipinski definition) is 4. The van der Waals surface area contributed by atoms with Crippen LogP contribution in [0.1, 0.15) is 16.8 Å². The summed E-state index contributed by atoms with van der Waals surface area (Å²) < 4.78 is 26.8. The fourth-order valence-corrected chi connectivity index (χ4v) is 2.59. The number of anilines is 4. The van der Waals surface area contributed by atoms with Crippen LogP contribution in [0.2, 0.25) is 0 Å². The maximum absolute atomic E-state index is 13.8. The number of aryl methyl sites for hydroxylation is 3. The Balaban J connectivity index is 1.87. The topological polar surface area (TPSA) is 49.8 Å². The van der Waals surface area contributed by atoms with Crippen LogP contribution >= 0.6 is 0 Å². The van der Waals surface area contributed by atoms with Crippen LogP contribution < -0.4 is 10.6 Å². The van der Waals surface area contributed by atoms with Crippen molar-refractivity contribution in [3.8, 4) is 0 Å². The van der Waals surface area contributed by atoms with E-state index in [9.17, 15) is 8.78 Å². The molecule has 2 aromatic carbocycles. The molecule has 25 heavy (non-hydrogen) atoms. The highest BCUT2D eigenvalue weighted by atomic mass is 19.1. The summed E-state index contributed by atoms with van der Waals surface area (Å²) in [4.78, 5) is 8.60. The zero-order valence-corrected chi connectivity index (χ0v) is 14.2. The molecule has 1 aromatic heterocycles. The van der Waals surface area contributed by atoms with Gasteiger partial charge < -0.3 is 10.6 Å². The molecule has 6 heteroatoms. The van der Waals surface area contributed by atoms with E-state index in [1.807, 2.05) is 32.9 Å². The van der Waals surface area contributed by atoms with E-state index in [0.29, 0.717) is 11.5 Å². The number of nitrogens with zero attached hydrogens (tertiary/aromatic N) is 2. The van der Waals surface area contributed by atoms with E-state index >= 15 is 0 Å². The Morgan fingerprint density at radius 2 is 1.52 bits per heavy atom. The van der Waals surface area contributed by atoms with Crippen LogP contribution in [-0.4, -0.2) is 9.97 Å².